The summed E-state index contributed by atoms with van der Waals surface area (Å²) in [4.78, 5) is 15.3. The van der Waals surface area contributed by atoms with Crippen LogP contribution >= 0.6 is 0 Å². The molecule has 2 atom stereocenters. The van der Waals surface area contributed by atoms with Crippen LogP contribution in [0.1, 0.15) is 54.6 Å². The van der Waals surface area contributed by atoms with Crippen molar-refractivity contribution < 1.29 is 9.53 Å². The van der Waals surface area contributed by atoms with Gasteiger partial charge >= 0.3 is 5.97 Å². The molecule has 4 aromatic carbocycles. The van der Waals surface area contributed by atoms with E-state index in [-0.39, 0.29) is 24.5 Å². The summed E-state index contributed by atoms with van der Waals surface area (Å²) in [5.41, 5.74) is 7.13. The first-order valence-electron chi connectivity index (χ1n) is 12.7. The monoisotopic (exact) mass is 477 g/mol. The second-order valence-electron chi connectivity index (χ2n) is 9.21. The van der Waals surface area contributed by atoms with Crippen LogP contribution in [-0.2, 0) is 16.1 Å². The summed E-state index contributed by atoms with van der Waals surface area (Å²) in [5, 5.41) is 0. The minimum atomic E-state index is -0.178. The van der Waals surface area contributed by atoms with Crippen molar-refractivity contribution in [3.05, 3.63) is 131 Å². The molecule has 0 radical (unpaired) electrons. The molecule has 0 aliphatic rings. The van der Waals surface area contributed by atoms with Crippen LogP contribution in [0.25, 0.3) is 11.1 Å². The molecule has 0 spiro atoms. The standard InChI is InChI=1S/C33H35NO2/c1-4-36-33(35)23-32(30-21-20-25(2)31(22-30)29-18-12-7-13-19-29)34(24-27-14-8-5-9-15-27)26(3)28-16-10-6-11-17-28/h5-22,26,32H,4,23-24H2,1-3H3/t26-,32+/m1/s1. The first-order chi connectivity index (χ1) is 17.6. The predicted molar refractivity (Wildman–Crippen MR) is 147 cm³/mol. The summed E-state index contributed by atoms with van der Waals surface area (Å²) in [6.45, 7) is 7.32. The second kappa shape index (κ2) is 12.3. The fraction of sp³-hybridized carbons (Fsp3) is 0.242. The van der Waals surface area contributed by atoms with Crippen LogP contribution in [0.15, 0.2) is 109 Å². The predicted octanol–water partition coefficient (Wildman–Crippen LogP) is 7.92. The molecule has 4 aromatic rings. The van der Waals surface area contributed by atoms with Crippen LogP contribution in [-0.4, -0.2) is 17.5 Å². The quantitative estimate of drug-likeness (QED) is 0.217. The molecule has 0 aliphatic heterocycles. The highest BCUT2D eigenvalue weighted by Gasteiger charge is 2.29. The van der Waals surface area contributed by atoms with Crippen molar-refractivity contribution in [1.29, 1.82) is 0 Å². The van der Waals surface area contributed by atoms with Gasteiger partial charge < -0.3 is 4.74 Å². The van der Waals surface area contributed by atoms with E-state index < -0.39 is 0 Å². The van der Waals surface area contributed by atoms with Crippen molar-refractivity contribution in [2.24, 2.45) is 0 Å². The van der Waals surface area contributed by atoms with Gasteiger partial charge in [-0.2, -0.15) is 0 Å². The van der Waals surface area contributed by atoms with Crippen LogP contribution in [0.4, 0.5) is 0 Å². The summed E-state index contributed by atoms with van der Waals surface area (Å²) in [6.07, 6.45) is 0.287. The fourth-order valence-corrected chi connectivity index (χ4v) is 4.81. The average Bonchev–Trinajstić information content (AvgIpc) is 2.92. The number of carbonyl (C=O) groups is 1. The van der Waals surface area contributed by atoms with E-state index in [4.69, 9.17) is 4.74 Å². The molecule has 0 bridgehead atoms. The van der Waals surface area contributed by atoms with Crippen molar-refractivity contribution in [2.45, 2.75) is 45.8 Å². The molecule has 0 heterocycles. The minimum absolute atomic E-state index is 0.0901. The normalized spacial score (nSPS) is 12.8. The van der Waals surface area contributed by atoms with E-state index in [1.54, 1.807) is 0 Å². The van der Waals surface area contributed by atoms with Gasteiger partial charge in [-0.3, -0.25) is 9.69 Å². The SMILES string of the molecule is CCOC(=O)C[C@@H](c1ccc(C)c(-c2ccccc2)c1)N(Cc1ccccc1)[C@H](C)c1ccccc1. The van der Waals surface area contributed by atoms with Crippen LogP contribution < -0.4 is 0 Å². The molecule has 0 amide bonds. The molecule has 0 aromatic heterocycles. The Hall–Kier alpha value is -3.69. The molecule has 36 heavy (non-hydrogen) atoms. The Morgan fingerprint density at radius 1 is 0.806 bits per heavy atom. The van der Waals surface area contributed by atoms with E-state index in [2.05, 4.69) is 110 Å². The van der Waals surface area contributed by atoms with E-state index in [1.807, 2.05) is 25.1 Å². The Bertz CT molecular complexity index is 1240. The Morgan fingerprint density at radius 3 is 2.06 bits per heavy atom. The summed E-state index contributed by atoms with van der Waals surface area (Å²) >= 11 is 0. The van der Waals surface area contributed by atoms with Gasteiger partial charge in [-0.25, -0.2) is 0 Å². The lowest BCUT2D eigenvalue weighted by atomic mass is 9.92. The number of benzene rings is 4. The number of esters is 1. The number of nitrogens with zero attached hydrogens (tertiary/aromatic N) is 1. The first kappa shape index (κ1) is 25.4. The van der Waals surface area contributed by atoms with Gasteiger partial charge in [0.25, 0.3) is 0 Å². The third kappa shape index (κ3) is 6.30. The van der Waals surface area contributed by atoms with Gasteiger partial charge in [-0.05, 0) is 60.2 Å². The maximum absolute atomic E-state index is 12.9. The van der Waals surface area contributed by atoms with Gasteiger partial charge in [0.2, 0.25) is 0 Å². The highest BCUT2D eigenvalue weighted by atomic mass is 16.5. The Kier molecular flexibility index (Phi) is 8.70. The zero-order valence-corrected chi connectivity index (χ0v) is 21.4. The number of hydrogen-bond donors (Lipinski definition) is 0. The summed E-state index contributed by atoms with van der Waals surface area (Å²) in [5.74, 6) is -0.178. The second-order valence-corrected chi connectivity index (χ2v) is 9.21. The van der Waals surface area contributed by atoms with Crippen LogP contribution in [0.2, 0.25) is 0 Å². The zero-order chi connectivity index (χ0) is 25.3. The highest BCUT2D eigenvalue weighted by Crippen LogP contribution is 2.37. The van der Waals surface area contributed by atoms with Crippen LogP contribution in [0.5, 0.6) is 0 Å². The van der Waals surface area contributed by atoms with E-state index in [0.717, 1.165) is 12.1 Å². The Labute approximate surface area is 215 Å². The van der Waals surface area contributed by atoms with E-state index in [1.165, 1.54) is 27.8 Å². The maximum atomic E-state index is 12.9. The smallest absolute Gasteiger partial charge is 0.307 e. The maximum Gasteiger partial charge on any atom is 0.307 e. The topological polar surface area (TPSA) is 29.5 Å². The van der Waals surface area contributed by atoms with Gasteiger partial charge in [-0.15, -0.1) is 0 Å². The lowest BCUT2D eigenvalue weighted by Crippen LogP contribution is -2.33. The average molecular weight is 478 g/mol. The van der Waals surface area contributed by atoms with Crippen molar-refractivity contribution in [3.63, 3.8) is 0 Å². The third-order valence-corrected chi connectivity index (χ3v) is 6.78. The molecule has 184 valence electrons. The zero-order valence-electron chi connectivity index (χ0n) is 21.4. The van der Waals surface area contributed by atoms with Gasteiger partial charge in [0.15, 0.2) is 0 Å². The van der Waals surface area contributed by atoms with Gasteiger partial charge in [-0.1, -0.05) is 103 Å². The molecule has 3 nitrogen and oxygen atoms in total. The molecular formula is C33H35NO2. The lowest BCUT2D eigenvalue weighted by molar-refractivity contribution is -0.145. The van der Waals surface area contributed by atoms with Crippen molar-refractivity contribution in [2.75, 3.05) is 6.61 Å². The Balaban J connectivity index is 1.81. The van der Waals surface area contributed by atoms with Crippen LogP contribution in [0.3, 0.4) is 0 Å². The first-order valence-corrected chi connectivity index (χ1v) is 12.7. The molecule has 0 fully saturated rings. The molecule has 0 saturated heterocycles. The van der Waals surface area contributed by atoms with Crippen molar-refractivity contribution >= 4 is 5.97 Å². The molecule has 0 aliphatic carbocycles. The number of carbonyl (C=O) groups excluding carboxylic acids is 1. The van der Waals surface area contributed by atoms with E-state index in [0.29, 0.717) is 6.61 Å². The van der Waals surface area contributed by atoms with E-state index >= 15 is 0 Å². The molecule has 0 unspecified atom stereocenters. The number of rotatable bonds is 10. The molecular weight excluding hydrogens is 442 g/mol. The summed E-state index contributed by atoms with van der Waals surface area (Å²) in [6, 6.07) is 38.0. The third-order valence-electron chi connectivity index (χ3n) is 6.78. The van der Waals surface area contributed by atoms with Gasteiger partial charge in [0.05, 0.1) is 13.0 Å². The molecule has 3 heteroatoms. The van der Waals surface area contributed by atoms with Gasteiger partial charge in [0.1, 0.15) is 0 Å². The largest absolute Gasteiger partial charge is 0.466 e. The number of hydrogen-bond acceptors (Lipinski definition) is 3. The summed E-state index contributed by atoms with van der Waals surface area (Å²) in [7, 11) is 0. The number of aryl methyl sites for hydroxylation is 1. The molecule has 0 N–H and O–H groups in total. The highest BCUT2D eigenvalue weighted by molar-refractivity contribution is 5.72. The number of ether oxygens (including phenoxy) is 1. The van der Waals surface area contributed by atoms with Crippen molar-refractivity contribution in [3.8, 4) is 11.1 Å². The lowest BCUT2D eigenvalue weighted by Gasteiger charge is -2.37. The summed E-state index contributed by atoms with van der Waals surface area (Å²) < 4.78 is 5.45. The van der Waals surface area contributed by atoms with Gasteiger partial charge in [0, 0.05) is 18.6 Å². The minimum Gasteiger partial charge on any atom is -0.466 e. The van der Waals surface area contributed by atoms with Crippen molar-refractivity contribution in [1.82, 2.24) is 4.90 Å². The fourth-order valence-electron chi connectivity index (χ4n) is 4.81. The molecule has 0 saturated carbocycles. The van der Waals surface area contributed by atoms with E-state index in [9.17, 15) is 4.79 Å². The van der Waals surface area contributed by atoms with Crippen LogP contribution in [0, 0.1) is 6.92 Å². The Morgan fingerprint density at radius 2 is 1.42 bits per heavy atom. The molecule has 4 rings (SSSR count).